The molecule has 0 heterocycles. The number of unbranched alkanes of at least 4 members (excludes halogenated alkanes) is 1. The maximum atomic E-state index is 6.15. The van der Waals surface area contributed by atoms with Crippen LogP contribution in [0.4, 0.5) is 11.4 Å². The van der Waals surface area contributed by atoms with Crippen LogP contribution in [0, 0.1) is 0 Å². The van der Waals surface area contributed by atoms with E-state index in [1.165, 1.54) is 0 Å². The Morgan fingerprint density at radius 1 is 0.913 bits per heavy atom. The van der Waals surface area contributed by atoms with Crippen LogP contribution in [0.1, 0.15) is 19.8 Å². The van der Waals surface area contributed by atoms with Crippen LogP contribution in [-0.2, 0) is 0 Å². The van der Waals surface area contributed by atoms with Crippen molar-refractivity contribution in [3.63, 3.8) is 0 Å². The number of para-hydroxylation sites is 2. The third kappa shape index (κ3) is 5.52. The summed E-state index contributed by atoms with van der Waals surface area (Å²) in [5.41, 5.74) is 1.84. The second kappa shape index (κ2) is 9.53. The molecule has 0 amide bonds. The van der Waals surface area contributed by atoms with E-state index in [2.05, 4.69) is 17.6 Å². The zero-order valence-corrected chi connectivity index (χ0v) is 14.8. The fourth-order valence-corrected chi connectivity index (χ4v) is 2.47. The van der Waals surface area contributed by atoms with E-state index in [4.69, 9.17) is 27.9 Å². The normalized spacial score (nSPS) is 10.4. The van der Waals surface area contributed by atoms with Crippen LogP contribution in [0.5, 0.6) is 5.75 Å². The lowest BCUT2D eigenvalue weighted by atomic mass is 10.3. The molecule has 3 nitrogen and oxygen atoms in total. The number of hydrogen-bond donors (Lipinski definition) is 2. The zero-order chi connectivity index (χ0) is 16.5. The summed E-state index contributed by atoms with van der Waals surface area (Å²) in [6.07, 6.45) is 2.18. The first-order chi connectivity index (χ1) is 11.2. The number of halogens is 2. The summed E-state index contributed by atoms with van der Waals surface area (Å²) in [7, 11) is 0. The van der Waals surface area contributed by atoms with Crippen molar-refractivity contribution in [1.82, 2.24) is 0 Å². The second-order valence-electron chi connectivity index (χ2n) is 5.15. The van der Waals surface area contributed by atoms with Crippen molar-refractivity contribution in [3.8, 4) is 5.75 Å². The van der Waals surface area contributed by atoms with Crippen LogP contribution >= 0.6 is 23.2 Å². The summed E-state index contributed by atoms with van der Waals surface area (Å²) in [5, 5.41) is 7.77. The molecule has 0 spiro atoms. The Bertz CT molecular complexity index is 620. The summed E-state index contributed by atoms with van der Waals surface area (Å²) in [6, 6.07) is 13.5. The van der Waals surface area contributed by atoms with E-state index in [9.17, 15) is 0 Å². The molecule has 0 saturated heterocycles. The summed E-state index contributed by atoms with van der Waals surface area (Å²) < 4.78 is 5.81. The lowest BCUT2D eigenvalue weighted by Crippen LogP contribution is -2.14. The van der Waals surface area contributed by atoms with Crippen LogP contribution in [0.25, 0.3) is 0 Å². The van der Waals surface area contributed by atoms with Gasteiger partial charge in [0.2, 0.25) is 0 Å². The molecule has 0 aliphatic rings. The summed E-state index contributed by atoms with van der Waals surface area (Å²) in [4.78, 5) is 0. The summed E-state index contributed by atoms with van der Waals surface area (Å²) >= 11 is 12.2. The van der Waals surface area contributed by atoms with E-state index in [1.54, 1.807) is 6.07 Å². The van der Waals surface area contributed by atoms with E-state index in [-0.39, 0.29) is 0 Å². The van der Waals surface area contributed by atoms with Gasteiger partial charge in [-0.3, -0.25) is 0 Å². The zero-order valence-electron chi connectivity index (χ0n) is 13.2. The minimum Gasteiger partial charge on any atom is -0.491 e. The van der Waals surface area contributed by atoms with Crippen molar-refractivity contribution in [2.45, 2.75) is 19.8 Å². The molecule has 2 aromatic carbocycles. The number of benzene rings is 2. The van der Waals surface area contributed by atoms with Gasteiger partial charge < -0.3 is 15.4 Å². The highest BCUT2D eigenvalue weighted by molar-refractivity contribution is 6.43. The SMILES string of the molecule is CCCCOc1ccccc1NCCNc1cccc(Cl)c1Cl. The van der Waals surface area contributed by atoms with Crippen LogP contribution in [0.15, 0.2) is 42.5 Å². The fourth-order valence-electron chi connectivity index (χ4n) is 2.10. The van der Waals surface area contributed by atoms with Crippen LogP contribution in [-0.4, -0.2) is 19.7 Å². The van der Waals surface area contributed by atoms with Gasteiger partial charge in [-0.25, -0.2) is 0 Å². The van der Waals surface area contributed by atoms with Crippen molar-refractivity contribution in [2.24, 2.45) is 0 Å². The van der Waals surface area contributed by atoms with Gasteiger partial charge in [-0.05, 0) is 30.7 Å². The standard InChI is InChI=1S/C18H22Cl2N2O/c1-2-3-13-23-17-10-5-4-8-15(17)21-11-12-22-16-9-6-7-14(19)18(16)20/h4-10,21-22H,2-3,11-13H2,1H3. The maximum absolute atomic E-state index is 6.15. The predicted molar refractivity (Wildman–Crippen MR) is 100 cm³/mol. The maximum Gasteiger partial charge on any atom is 0.142 e. The number of nitrogens with one attached hydrogen (secondary N) is 2. The fraction of sp³-hybridized carbons (Fsp3) is 0.333. The minimum atomic E-state index is 0.553. The molecule has 2 rings (SSSR count). The summed E-state index contributed by atoms with van der Waals surface area (Å²) in [5.74, 6) is 0.890. The highest BCUT2D eigenvalue weighted by Crippen LogP contribution is 2.29. The van der Waals surface area contributed by atoms with E-state index in [0.29, 0.717) is 10.0 Å². The molecule has 0 saturated carbocycles. The molecule has 0 atom stereocenters. The molecule has 0 radical (unpaired) electrons. The largest absolute Gasteiger partial charge is 0.491 e. The number of rotatable bonds is 9. The quantitative estimate of drug-likeness (QED) is 0.568. The lowest BCUT2D eigenvalue weighted by Gasteiger charge is -2.14. The van der Waals surface area contributed by atoms with Gasteiger partial charge in [0.15, 0.2) is 0 Å². The molecular weight excluding hydrogens is 331 g/mol. The molecule has 0 unspecified atom stereocenters. The predicted octanol–water partition coefficient (Wildman–Crippen LogP) is 5.70. The van der Waals surface area contributed by atoms with Gasteiger partial charge in [-0.15, -0.1) is 0 Å². The van der Waals surface area contributed by atoms with E-state index >= 15 is 0 Å². The molecule has 5 heteroatoms. The van der Waals surface area contributed by atoms with E-state index in [0.717, 1.165) is 49.7 Å². The number of anilines is 2. The van der Waals surface area contributed by atoms with Crippen molar-refractivity contribution >= 4 is 34.6 Å². The molecule has 2 N–H and O–H groups in total. The molecule has 0 fully saturated rings. The Kier molecular flexibility index (Phi) is 7.37. The van der Waals surface area contributed by atoms with Gasteiger partial charge in [0, 0.05) is 13.1 Å². The van der Waals surface area contributed by atoms with Gasteiger partial charge in [0.05, 0.1) is 28.0 Å². The van der Waals surface area contributed by atoms with Gasteiger partial charge >= 0.3 is 0 Å². The van der Waals surface area contributed by atoms with Gasteiger partial charge in [0.25, 0.3) is 0 Å². The lowest BCUT2D eigenvalue weighted by molar-refractivity contribution is 0.311. The average Bonchev–Trinajstić information content (AvgIpc) is 2.56. The Labute approximate surface area is 147 Å². The first-order valence-electron chi connectivity index (χ1n) is 7.86. The van der Waals surface area contributed by atoms with Gasteiger partial charge in [-0.2, -0.15) is 0 Å². The minimum absolute atomic E-state index is 0.553. The molecule has 0 bridgehead atoms. The highest BCUT2D eigenvalue weighted by Gasteiger charge is 2.04. The topological polar surface area (TPSA) is 33.3 Å². The molecule has 23 heavy (non-hydrogen) atoms. The number of ether oxygens (including phenoxy) is 1. The Hall–Kier alpha value is -1.58. The Balaban J connectivity index is 1.83. The second-order valence-corrected chi connectivity index (χ2v) is 5.94. The van der Waals surface area contributed by atoms with E-state index in [1.807, 2.05) is 36.4 Å². The first kappa shape index (κ1) is 17.8. The van der Waals surface area contributed by atoms with Crippen LogP contribution in [0.3, 0.4) is 0 Å². The molecule has 0 aliphatic carbocycles. The van der Waals surface area contributed by atoms with Crippen LogP contribution in [0.2, 0.25) is 10.0 Å². The molecule has 0 aromatic heterocycles. The Morgan fingerprint density at radius 2 is 1.61 bits per heavy atom. The summed E-state index contributed by atoms with van der Waals surface area (Å²) in [6.45, 7) is 4.37. The van der Waals surface area contributed by atoms with E-state index < -0.39 is 0 Å². The molecular formula is C18H22Cl2N2O. The van der Waals surface area contributed by atoms with Gasteiger partial charge in [0.1, 0.15) is 5.75 Å². The molecule has 2 aromatic rings. The number of hydrogen-bond acceptors (Lipinski definition) is 3. The highest BCUT2D eigenvalue weighted by atomic mass is 35.5. The smallest absolute Gasteiger partial charge is 0.142 e. The third-order valence-electron chi connectivity index (χ3n) is 3.35. The molecule has 0 aliphatic heterocycles. The van der Waals surface area contributed by atoms with Crippen molar-refractivity contribution < 1.29 is 4.74 Å². The molecule has 124 valence electrons. The van der Waals surface area contributed by atoms with Gasteiger partial charge in [-0.1, -0.05) is 54.7 Å². The first-order valence-corrected chi connectivity index (χ1v) is 8.61. The van der Waals surface area contributed by atoms with Crippen molar-refractivity contribution in [1.29, 1.82) is 0 Å². The Morgan fingerprint density at radius 3 is 2.39 bits per heavy atom. The average molecular weight is 353 g/mol. The van der Waals surface area contributed by atoms with Crippen molar-refractivity contribution in [2.75, 3.05) is 30.3 Å². The van der Waals surface area contributed by atoms with Crippen molar-refractivity contribution in [3.05, 3.63) is 52.5 Å². The van der Waals surface area contributed by atoms with Crippen LogP contribution < -0.4 is 15.4 Å². The monoisotopic (exact) mass is 352 g/mol. The third-order valence-corrected chi connectivity index (χ3v) is 4.17.